The fraction of sp³-hybridized carbons (Fsp3) is 0.529. The van der Waals surface area contributed by atoms with E-state index in [1.807, 2.05) is 18.2 Å². The summed E-state index contributed by atoms with van der Waals surface area (Å²) < 4.78 is 5.62. The predicted molar refractivity (Wildman–Crippen MR) is 87.3 cm³/mol. The highest BCUT2D eigenvalue weighted by Gasteiger charge is 2.23. The van der Waals surface area contributed by atoms with Gasteiger partial charge in [-0.1, -0.05) is 6.07 Å². The zero-order valence-corrected chi connectivity index (χ0v) is 13.2. The smallest absolute Gasteiger partial charge is 0.260 e. The number of piperidine rings is 1. The second-order valence-electron chi connectivity index (χ2n) is 6.18. The highest BCUT2D eigenvalue weighted by Crippen LogP contribution is 2.25. The van der Waals surface area contributed by atoms with Crippen LogP contribution < -0.4 is 15.4 Å². The lowest BCUT2D eigenvalue weighted by molar-refractivity contribution is -0.134. The number of anilines is 1. The monoisotopic (exact) mass is 317 g/mol. The average Bonchev–Trinajstić information content (AvgIpc) is 2.99. The van der Waals surface area contributed by atoms with Crippen LogP contribution in [0.25, 0.3) is 0 Å². The molecule has 0 saturated carbocycles. The van der Waals surface area contributed by atoms with Crippen molar-refractivity contribution in [1.29, 1.82) is 0 Å². The van der Waals surface area contributed by atoms with Gasteiger partial charge in [0.1, 0.15) is 5.75 Å². The molecule has 1 aromatic carbocycles. The van der Waals surface area contributed by atoms with E-state index in [4.69, 9.17) is 10.5 Å². The van der Waals surface area contributed by atoms with E-state index in [2.05, 4.69) is 0 Å². The SMILES string of the molecule is NC1CCCN(C(=O)COc2cccc(N3CCCC3=O)c2)C1. The van der Waals surface area contributed by atoms with Gasteiger partial charge in [0.2, 0.25) is 5.91 Å². The van der Waals surface area contributed by atoms with Gasteiger partial charge in [0, 0.05) is 43.9 Å². The molecule has 0 spiro atoms. The number of nitrogens with zero attached hydrogens (tertiary/aromatic N) is 2. The molecule has 0 aliphatic carbocycles. The molecule has 0 radical (unpaired) electrons. The molecule has 0 bridgehead atoms. The summed E-state index contributed by atoms with van der Waals surface area (Å²) in [4.78, 5) is 27.5. The Morgan fingerprint density at radius 1 is 1.30 bits per heavy atom. The Hall–Kier alpha value is -2.08. The van der Waals surface area contributed by atoms with Gasteiger partial charge in [0.05, 0.1) is 0 Å². The van der Waals surface area contributed by atoms with Gasteiger partial charge in [-0.25, -0.2) is 0 Å². The first-order valence-electron chi connectivity index (χ1n) is 8.20. The summed E-state index contributed by atoms with van der Waals surface area (Å²) >= 11 is 0. The Bertz CT molecular complexity index is 590. The molecule has 2 N–H and O–H groups in total. The Morgan fingerprint density at radius 2 is 2.17 bits per heavy atom. The van der Waals surface area contributed by atoms with Gasteiger partial charge in [0.15, 0.2) is 6.61 Å². The summed E-state index contributed by atoms with van der Waals surface area (Å²) in [6.07, 6.45) is 3.40. The molecular formula is C17H23N3O3. The second kappa shape index (κ2) is 7.00. The molecule has 3 rings (SSSR count). The fourth-order valence-corrected chi connectivity index (χ4v) is 3.14. The fourth-order valence-electron chi connectivity index (χ4n) is 3.14. The zero-order chi connectivity index (χ0) is 16.2. The predicted octanol–water partition coefficient (Wildman–Crippen LogP) is 1.14. The van der Waals surface area contributed by atoms with Crippen LogP contribution in [0.1, 0.15) is 25.7 Å². The summed E-state index contributed by atoms with van der Waals surface area (Å²) in [5.74, 6) is 0.709. The minimum Gasteiger partial charge on any atom is -0.484 e. The summed E-state index contributed by atoms with van der Waals surface area (Å²) in [6, 6.07) is 7.42. The quantitative estimate of drug-likeness (QED) is 0.903. The van der Waals surface area contributed by atoms with E-state index < -0.39 is 0 Å². The van der Waals surface area contributed by atoms with Crippen molar-refractivity contribution in [2.24, 2.45) is 5.73 Å². The maximum Gasteiger partial charge on any atom is 0.260 e. The summed E-state index contributed by atoms with van der Waals surface area (Å²) in [5.41, 5.74) is 6.73. The van der Waals surface area contributed by atoms with Crippen LogP contribution in [-0.4, -0.2) is 49.0 Å². The third-order valence-electron chi connectivity index (χ3n) is 4.38. The minimum absolute atomic E-state index is 0.00409. The molecule has 6 nitrogen and oxygen atoms in total. The van der Waals surface area contributed by atoms with E-state index >= 15 is 0 Å². The molecular weight excluding hydrogens is 294 g/mol. The van der Waals surface area contributed by atoms with Crippen LogP contribution in [0.15, 0.2) is 24.3 Å². The molecule has 2 aliphatic rings. The van der Waals surface area contributed by atoms with Gasteiger partial charge in [0.25, 0.3) is 5.91 Å². The number of benzene rings is 1. The number of hydrogen-bond acceptors (Lipinski definition) is 4. The van der Waals surface area contributed by atoms with E-state index in [1.165, 1.54) is 0 Å². The number of amides is 2. The van der Waals surface area contributed by atoms with E-state index in [0.717, 1.165) is 38.0 Å². The van der Waals surface area contributed by atoms with Crippen molar-refractivity contribution in [3.8, 4) is 5.75 Å². The molecule has 1 aromatic rings. The van der Waals surface area contributed by atoms with Crippen LogP contribution >= 0.6 is 0 Å². The normalized spacial score (nSPS) is 21.6. The van der Waals surface area contributed by atoms with Crippen LogP contribution in [0.5, 0.6) is 5.75 Å². The molecule has 2 fully saturated rings. The number of carbonyl (C=O) groups is 2. The van der Waals surface area contributed by atoms with Crippen molar-refractivity contribution < 1.29 is 14.3 Å². The van der Waals surface area contributed by atoms with Crippen molar-refractivity contribution in [2.75, 3.05) is 31.1 Å². The Morgan fingerprint density at radius 3 is 2.91 bits per heavy atom. The lowest BCUT2D eigenvalue weighted by Gasteiger charge is -2.30. The molecule has 2 saturated heterocycles. The largest absolute Gasteiger partial charge is 0.484 e. The molecule has 1 atom stereocenters. The van der Waals surface area contributed by atoms with Crippen molar-refractivity contribution in [1.82, 2.24) is 4.90 Å². The van der Waals surface area contributed by atoms with Crippen LogP contribution in [0.4, 0.5) is 5.69 Å². The lowest BCUT2D eigenvalue weighted by atomic mass is 10.1. The Labute approximate surface area is 136 Å². The average molecular weight is 317 g/mol. The number of likely N-dealkylation sites (tertiary alicyclic amines) is 1. The minimum atomic E-state index is -0.0391. The van der Waals surface area contributed by atoms with Crippen LogP contribution in [0.3, 0.4) is 0 Å². The van der Waals surface area contributed by atoms with E-state index in [-0.39, 0.29) is 24.5 Å². The van der Waals surface area contributed by atoms with E-state index in [0.29, 0.717) is 18.7 Å². The Kier molecular flexibility index (Phi) is 4.81. The van der Waals surface area contributed by atoms with Gasteiger partial charge in [-0.2, -0.15) is 0 Å². The lowest BCUT2D eigenvalue weighted by Crippen LogP contribution is -2.47. The highest BCUT2D eigenvalue weighted by atomic mass is 16.5. The molecule has 2 amide bonds. The molecule has 23 heavy (non-hydrogen) atoms. The molecule has 124 valence electrons. The maximum absolute atomic E-state index is 12.2. The molecule has 6 heteroatoms. The number of ether oxygens (including phenoxy) is 1. The Balaban J connectivity index is 1.58. The van der Waals surface area contributed by atoms with Crippen molar-refractivity contribution in [3.05, 3.63) is 24.3 Å². The first-order chi connectivity index (χ1) is 11.1. The van der Waals surface area contributed by atoms with Gasteiger partial charge in [-0.3, -0.25) is 9.59 Å². The van der Waals surface area contributed by atoms with Gasteiger partial charge in [-0.15, -0.1) is 0 Å². The highest BCUT2D eigenvalue weighted by molar-refractivity contribution is 5.95. The molecule has 1 unspecified atom stereocenters. The first kappa shape index (κ1) is 15.8. The van der Waals surface area contributed by atoms with E-state index in [1.54, 1.807) is 15.9 Å². The third-order valence-corrected chi connectivity index (χ3v) is 4.38. The van der Waals surface area contributed by atoms with Crippen LogP contribution in [0.2, 0.25) is 0 Å². The summed E-state index contributed by atoms with van der Waals surface area (Å²) in [7, 11) is 0. The first-order valence-corrected chi connectivity index (χ1v) is 8.20. The summed E-state index contributed by atoms with van der Waals surface area (Å²) in [6.45, 7) is 2.10. The number of hydrogen-bond donors (Lipinski definition) is 1. The van der Waals surface area contributed by atoms with Crippen molar-refractivity contribution >= 4 is 17.5 Å². The maximum atomic E-state index is 12.2. The number of rotatable bonds is 4. The topological polar surface area (TPSA) is 75.9 Å². The number of carbonyl (C=O) groups excluding carboxylic acids is 2. The molecule has 0 aromatic heterocycles. The van der Waals surface area contributed by atoms with E-state index in [9.17, 15) is 9.59 Å². The third kappa shape index (κ3) is 3.82. The molecule has 2 heterocycles. The number of nitrogens with two attached hydrogens (primary N) is 1. The van der Waals surface area contributed by atoms with Gasteiger partial charge >= 0.3 is 0 Å². The zero-order valence-electron chi connectivity index (χ0n) is 13.2. The van der Waals surface area contributed by atoms with Crippen molar-refractivity contribution in [2.45, 2.75) is 31.7 Å². The second-order valence-corrected chi connectivity index (χ2v) is 6.18. The van der Waals surface area contributed by atoms with Gasteiger partial charge < -0.3 is 20.3 Å². The van der Waals surface area contributed by atoms with Crippen LogP contribution in [0, 0.1) is 0 Å². The van der Waals surface area contributed by atoms with Gasteiger partial charge in [-0.05, 0) is 31.4 Å². The van der Waals surface area contributed by atoms with Crippen molar-refractivity contribution in [3.63, 3.8) is 0 Å². The molecule has 2 aliphatic heterocycles. The van der Waals surface area contributed by atoms with Crippen LogP contribution in [-0.2, 0) is 9.59 Å². The summed E-state index contributed by atoms with van der Waals surface area (Å²) in [5, 5.41) is 0. The standard InChI is InChI=1S/C17H23N3O3/c18-13-4-2-8-19(11-13)17(22)12-23-15-6-1-5-14(10-15)20-9-3-7-16(20)21/h1,5-6,10,13H,2-4,7-9,11-12,18H2.